The molecule has 1 aromatic heterocycles. The molecule has 0 radical (unpaired) electrons. The zero-order chi connectivity index (χ0) is 20.5. The van der Waals surface area contributed by atoms with Crippen LogP contribution in [-0.2, 0) is 4.79 Å². The summed E-state index contributed by atoms with van der Waals surface area (Å²) in [4.78, 5) is 34.7. The van der Waals surface area contributed by atoms with Crippen LogP contribution in [0.5, 0.6) is 0 Å². The molecule has 162 valence electrons. The maximum atomic E-state index is 13.5. The fourth-order valence-electron chi connectivity index (χ4n) is 6.25. The molecule has 0 spiro atoms. The first kappa shape index (κ1) is 20.0. The molecule has 1 aliphatic carbocycles. The summed E-state index contributed by atoms with van der Waals surface area (Å²) in [5, 5.41) is 3.10. The van der Waals surface area contributed by atoms with Crippen LogP contribution in [0.15, 0.2) is 24.5 Å². The van der Waals surface area contributed by atoms with Gasteiger partial charge in [0.05, 0.1) is 5.56 Å². The molecule has 5 rings (SSSR count). The van der Waals surface area contributed by atoms with Crippen molar-refractivity contribution in [2.45, 2.75) is 75.9 Å². The molecule has 1 N–H and O–H groups in total. The maximum absolute atomic E-state index is 13.5. The van der Waals surface area contributed by atoms with E-state index in [0.29, 0.717) is 35.9 Å². The normalized spacial score (nSPS) is 31.1. The number of carbonyl (C=O) groups excluding carboxylic acids is 2. The van der Waals surface area contributed by atoms with Crippen molar-refractivity contribution in [2.75, 3.05) is 19.6 Å². The first-order valence-corrected chi connectivity index (χ1v) is 11.9. The van der Waals surface area contributed by atoms with Crippen molar-refractivity contribution in [3.05, 3.63) is 30.1 Å². The van der Waals surface area contributed by atoms with Crippen LogP contribution < -0.4 is 5.32 Å². The van der Waals surface area contributed by atoms with E-state index in [1.807, 2.05) is 12.1 Å². The number of rotatable bonds is 6. The molecule has 0 bridgehead atoms. The van der Waals surface area contributed by atoms with Crippen molar-refractivity contribution in [3.63, 3.8) is 0 Å². The molecule has 6 nitrogen and oxygen atoms in total. The minimum Gasteiger partial charge on any atom is -0.353 e. The highest BCUT2D eigenvalue weighted by atomic mass is 16.2. The maximum Gasteiger partial charge on any atom is 0.255 e. The molecule has 3 saturated heterocycles. The molecule has 4 aliphatic rings. The standard InChI is InChI=1S/C24H34N4O2/c29-22(26-19-10-11-19)9-1-8-21-20-7-4-14-27-13-3-6-18(23(20)27)16-28(21)24(30)17-5-2-12-25-15-17/h2,5,12,15,18-21,23H,1,3-4,6-11,13-14,16H2,(H,26,29)/t18-,20+,21+,23-/m0/s1. The number of carbonyl (C=O) groups is 2. The van der Waals surface area contributed by atoms with Gasteiger partial charge in [-0.3, -0.25) is 19.5 Å². The highest BCUT2D eigenvalue weighted by Gasteiger charge is 2.49. The molecular formula is C24H34N4O2. The van der Waals surface area contributed by atoms with Crippen molar-refractivity contribution in [1.82, 2.24) is 20.1 Å². The lowest BCUT2D eigenvalue weighted by molar-refractivity contribution is -0.121. The van der Waals surface area contributed by atoms with Gasteiger partial charge in [-0.05, 0) is 88.4 Å². The summed E-state index contributed by atoms with van der Waals surface area (Å²) >= 11 is 0. The Balaban J connectivity index is 1.34. The van der Waals surface area contributed by atoms with E-state index in [2.05, 4.69) is 20.1 Å². The first-order chi connectivity index (χ1) is 14.7. The molecule has 3 aliphatic heterocycles. The van der Waals surface area contributed by atoms with Crippen LogP contribution in [0, 0.1) is 11.8 Å². The van der Waals surface area contributed by atoms with E-state index in [1.165, 1.54) is 38.8 Å². The Morgan fingerprint density at radius 2 is 1.97 bits per heavy atom. The predicted octanol–water partition coefficient (Wildman–Crippen LogP) is 2.85. The summed E-state index contributed by atoms with van der Waals surface area (Å²) in [7, 11) is 0. The van der Waals surface area contributed by atoms with E-state index in [9.17, 15) is 9.59 Å². The average molecular weight is 411 g/mol. The molecule has 0 unspecified atom stereocenters. The largest absolute Gasteiger partial charge is 0.353 e. The summed E-state index contributed by atoms with van der Waals surface area (Å²) in [5.41, 5.74) is 0.691. The van der Waals surface area contributed by atoms with E-state index in [4.69, 9.17) is 0 Å². The third kappa shape index (κ3) is 4.11. The molecule has 1 saturated carbocycles. The van der Waals surface area contributed by atoms with Gasteiger partial charge in [-0.15, -0.1) is 0 Å². The number of piperidine rings is 3. The Kier molecular flexibility index (Phi) is 5.77. The second-order valence-corrected chi connectivity index (χ2v) is 9.74. The topological polar surface area (TPSA) is 65.5 Å². The van der Waals surface area contributed by atoms with E-state index in [1.54, 1.807) is 12.4 Å². The van der Waals surface area contributed by atoms with Crippen LogP contribution in [0.25, 0.3) is 0 Å². The molecule has 4 atom stereocenters. The van der Waals surface area contributed by atoms with Crippen molar-refractivity contribution in [3.8, 4) is 0 Å². The molecule has 0 aromatic carbocycles. The van der Waals surface area contributed by atoms with E-state index < -0.39 is 0 Å². The number of aromatic nitrogens is 1. The lowest BCUT2D eigenvalue weighted by Gasteiger charge is -2.57. The highest BCUT2D eigenvalue weighted by Crippen LogP contribution is 2.43. The van der Waals surface area contributed by atoms with Crippen LogP contribution >= 0.6 is 0 Å². The summed E-state index contributed by atoms with van der Waals surface area (Å²) in [6, 6.07) is 5.01. The minimum atomic E-state index is 0.122. The Morgan fingerprint density at radius 3 is 2.73 bits per heavy atom. The number of pyridine rings is 1. The lowest BCUT2D eigenvalue weighted by atomic mass is 9.69. The molecule has 4 fully saturated rings. The summed E-state index contributed by atoms with van der Waals surface area (Å²) in [6.45, 7) is 3.28. The summed E-state index contributed by atoms with van der Waals surface area (Å²) in [5.74, 6) is 1.42. The molecule has 6 heteroatoms. The number of hydrogen-bond acceptors (Lipinski definition) is 4. The van der Waals surface area contributed by atoms with E-state index >= 15 is 0 Å². The van der Waals surface area contributed by atoms with Crippen molar-refractivity contribution >= 4 is 11.8 Å². The molecule has 4 heterocycles. The van der Waals surface area contributed by atoms with Crippen LogP contribution in [0.4, 0.5) is 0 Å². The smallest absolute Gasteiger partial charge is 0.255 e. The SMILES string of the molecule is O=C(CCC[C@@H]1[C@H]2CCCN3CCC[C@@H](CN1C(=O)c1cccnc1)[C@@H]23)NC1CC1. The van der Waals surface area contributed by atoms with Crippen LogP contribution in [-0.4, -0.2) is 64.4 Å². The van der Waals surface area contributed by atoms with E-state index in [0.717, 1.165) is 32.2 Å². The quantitative estimate of drug-likeness (QED) is 0.783. The Bertz CT molecular complexity index is 764. The minimum absolute atomic E-state index is 0.122. The zero-order valence-electron chi connectivity index (χ0n) is 17.8. The predicted molar refractivity (Wildman–Crippen MR) is 115 cm³/mol. The lowest BCUT2D eigenvalue weighted by Crippen LogP contribution is -2.65. The van der Waals surface area contributed by atoms with Gasteiger partial charge in [0.1, 0.15) is 0 Å². The number of hydrogen-bond donors (Lipinski definition) is 1. The van der Waals surface area contributed by atoms with Gasteiger partial charge < -0.3 is 10.2 Å². The number of likely N-dealkylation sites (tertiary alicyclic amines) is 1. The van der Waals surface area contributed by atoms with Gasteiger partial charge in [0, 0.05) is 43.5 Å². The molecule has 2 amide bonds. The van der Waals surface area contributed by atoms with Gasteiger partial charge in [0.15, 0.2) is 0 Å². The molecule has 1 aromatic rings. The highest BCUT2D eigenvalue weighted by molar-refractivity contribution is 5.94. The average Bonchev–Trinajstić information content (AvgIpc) is 3.59. The second kappa shape index (κ2) is 8.66. The first-order valence-electron chi connectivity index (χ1n) is 11.9. The third-order valence-corrected chi connectivity index (χ3v) is 7.69. The monoisotopic (exact) mass is 410 g/mol. The Hall–Kier alpha value is -1.95. The van der Waals surface area contributed by atoms with Crippen molar-refractivity contribution in [2.24, 2.45) is 11.8 Å². The van der Waals surface area contributed by atoms with Gasteiger partial charge in [-0.1, -0.05) is 0 Å². The fourth-order valence-corrected chi connectivity index (χ4v) is 6.25. The van der Waals surface area contributed by atoms with Gasteiger partial charge in [-0.25, -0.2) is 0 Å². The second-order valence-electron chi connectivity index (χ2n) is 9.74. The summed E-state index contributed by atoms with van der Waals surface area (Å²) in [6.07, 6.45) is 12.9. The molecular weight excluding hydrogens is 376 g/mol. The van der Waals surface area contributed by atoms with Gasteiger partial charge >= 0.3 is 0 Å². The van der Waals surface area contributed by atoms with Crippen LogP contribution in [0.3, 0.4) is 0 Å². The van der Waals surface area contributed by atoms with Crippen LogP contribution in [0.1, 0.15) is 68.1 Å². The Morgan fingerprint density at radius 1 is 1.13 bits per heavy atom. The Labute approximate surface area is 179 Å². The van der Waals surface area contributed by atoms with E-state index in [-0.39, 0.29) is 17.9 Å². The number of nitrogens with one attached hydrogen (secondary N) is 1. The molecule has 30 heavy (non-hydrogen) atoms. The number of amides is 2. The van der Waals surface area contributed by atoms with Crippen molar-refractivity contribution < 1.29 is 9.59 Å². The van der Waals surface area contributed by atoms with Gasteiger partial charge in [0.2, 0.25) is 5.91 Å². The third-order valence-electron chi connectivity index (χ3n) is 7.69. The van der Waals surface area contributed by atoms with Crippen molar-refractivity contribution in [1.29, 1.82) is 0 Å². The number of nitrogens with zero attached hydrogens (tertiary/aromatic N) is 3. The van der Waals surface area contributed by atoms with Gasteiger partial charge in [-0.2, -0.15) is 0 Å². The fraction of sp³-hybridized carbons (Fsp3) is 0.708. The summed E-state index contributed by atoms with van der Waals surface area (Å²) < 4.78 is 0. The zero-order valence-corrected chi connectivity index (χ0v) is 17.8. The van der Waals surface area contributed by atoms with Crippen LogP contribution in [0.2, 0.25) is 0 Å². The van der Waals surface area contributed by atoms with Gasteiger partial charge in [0.25, 0.3) is 5.91 Å².